The predicted molar refractivity (Wildman–Crippen MR) is 84.4 cm³/mol. The molecule has 4 heteroatoms. The Kier molecular flexibility index (Phi) is 6.16. The van der Waals surface area contributed by atoms with E-state index in [1.165, 1.54) is 11.1 Å². The van der Waals surface area contributed by atoms with Crippen LogP contribution in [0.25, 0.3) is 0 Å². The number of aromatic nitrogens is 2. The first-order valence-corrected chi connectivity index (χ1v) is 7.46. The van der Waals surface area contributed by atoms with Gasteiger partial charge in [-0.1, -0.05) is 19.1 Å². The fraction of sp³-hybridized carbons (Fsp3) is 0.412. The minimum absolute atomic E-state index is 0.322. The summed E-state index contributed by atoms with van der Waals surface area (Å²) in [7, 11) is 1.69. The fourth-order valence-corrected chi connectivity index (χ4v) is 2.32. The van der Waals surface area contributed by atoms with E-state index >= 15 is 0 Å². The van der Waals surface area contributed by atoms with Crippen LogP contribution in [0.15, 0.2) is 42.7 Å². The molecule has 2 aromatic rings. The van der Waals surface area contributed by atoms with Gasteiger partial charge in [-0.15, -0.1) is 0 Å². The van der Waals surface area contributed by atoms with Gasteiger partial charge in [-0.25, -0.2) is 0 Å². The number of methoxy groups -OCH3 is 1. The van der Waals surface area contributed by atoms with E-state index in [-0.39, 0.29) is 0 Å². The molecular weight excluding hydrogens is 262 g/mol. The van der Waals surface area contributed by atoms with Gasteiger partial charge in [0.15, 0.2) is 0 Å². The quantitative estimate of drug-likeness (QED) is 0.809. The van der Waals surface area contributed by atoms with Crippen LogP contribution in [0.5, 0.6) is 5.75 Å². The smallest absolute Gasteiger partial charge is 0.118 e. The van der Waals surface area contributed by atoms with Crippen molar-refractivity contribution in [2.75, 3.05) is 13.7 Å². The third kappa shape index (κ3) is 4.83. The second-order valence-electron chi connectivity index (χ2n) is 5.07. The summed E-state index contributed by atoms with van der Waals surface area (Å²) in [4.78, 5) is 0. The summed E-state index contributed by atoms with van der Waals surface area (Å²) in [6.45, 7) is 3.19. The number of aryl methyl sites for hydroxylation is 1. The third-order valence-corrected chi connectivity index (χ3v) is 3.53. The molecule has 1 heterocycles. The number of nitrogens with one attached hydrogen (secondary N) is 1. The van der Waals surface area contributed by atoms with Gasteiger partial charge in [0.25, 0.3) is 0 Å². The number of hydrogen-bond acceptors (Lipinski definition) is 4. The zero-order valence-corrected chi connectivity index (χ0v) is 12.7. The second kappa shape index (κ2) is 8.37. The Hall–Kier alpha value is -1.94. The van der Waals surface area contributed by atoms with E-state index in [0.29, 0.717) is 6.04 Å². The van der Waals surface area contributed by atoms with E-state index in [4.69, 9.17) is 4.74 Å². The highest BCUT2D eigenvalue weighted by Gasteiger charge is 2.11. The number of rotatable bonds is 8. The highest BCUT2D eigenvalue weighted by Crippen LogP contribution is 2.19. The van der Waals surface area contributed by atoms with Crippen LogP contribution in [0.4, 0.5) is 0 Å². The standard InChI is InChI=1S/C17H23N3O/c1-3-11-18-17(15-10-12-19-20-13-15)9-6-14-4-7-16(21-2)8-5-14/h4-5,7-8,10,12-13,17-18H,3,6,9,11H2,1-2H3. The van der Waals surface area contributed by atoms with E-state index in [1.807, 2.05) is 24.4 Å². The molecule has 1 atom stereocenters. The first-order valence-electron chi connectivity index (χ1n) is 7.46. The van der Waals surface area contributed by atoms with Gasteiger partial charge in [-0.3, -0.25) is 0 Å². The lowest BCUT2D eigenvalue weighted by atomic mass is 10.0. The number of benzene rings is 1. The maximum atomic E-state index is 5.19. The molecule has 21 heavy (non-hydrogen) atoms. The van der Waals surface area contributed by atoms with Crippen LogP contribution in [-0.2, 0) is 6.42 Å². The summed E-state index contributed by atoms with van der Waals surface area (Å²) in [6.07, 6.45) is 6.79. The molecule has 0 fully saturated rings. The van der Waals surface area contributed by atoms with Crippen LogP contribution in [-0.4, -0.2) is 23.9 Å². The van der Waals surface area contributed by atoms with Gasteiger partial charge in [0, 0.05) is 12.2 Å². The summed E-state index contributed by atoms with van der Waals surface area (Å²) in [5.74, 6) is 0.901. The molecule has 0 amide bonds. The molecule has 1 aromatic carbocycles. The highest BCUT2D eigenvalue weighted by molar-refractivity contribution is 5.27. The van der Waals surface area contributed by atoms with Gasteiger partial charge in [0.1, 0.15) is 5.75 Å². The number of ether oxygens (including phenoxy) is 1. The monoisotopic (exact) mass is 285 g/mol. The molecule has 1 N–H and O–H groups in total. The van der Waals surface area contributed by atoms with Gasteiger partial charge in [-0.2, -0.15) is 10.2 Å². The SMILES string of the molecule is CCCNC(CCc1ccc(OC)cc1)c1ccnnc1. The Morgan fingerprint density at radius 1 is 1.14 bits per heavy atom. The summed E-state index contributed by atoms with van der Waals surface area (Å²) < 4.78 is 5.19. The minimum atomic E-state index is 0.322. The molecule has 4 nitrogen and oxygen atoms in total. The lowest BCUT2D eigenvalue weighted by Gasteiger charge is -2.18. The highest BCUT2D eigenvalue weighted by atomic mass is 16.5. The van der Waals surface area contributed by atoms with Gasteiger partial charge < -0.3 is 10.1 Å². The molecule has 1 unspecified atom stereocenters. The van der Waals surface area contributed by atoms with E-state index in [0.717, 1.165) is 31.6 Å². The lowest BCUT2D eigenvalue weighted by Crippen LogP contribution is -2.23. The third-order valence-electron chi connectivity index (χ3n) is 3.53. The normalized spacial score (nSPS) is 12.1. The summed E-state index contributed by atoms with van der Waals surface area (Å²) >= 11 is 0. The van der Waals surface area contributed by atoms with Gasteiger partial charge in [-0.05, 0) is 55.1 Å². The van der Waals surface area contributed by atoms with Gasteiger partial charge in [0.05, 0.1) is 13.3 Å². The van der Waals surface area contributed by atoms with Crippen LogP contribution in [0, 0.1) is 0 Å². The van der Waals surface area contributed by atoms with E-state index in [9.17, 15) is 0 Å². The first kappa shape index (κ1) is 15.4. The Balaban J connectivity index is 1.97. The summed E-state index contributed by atoms with van der Waals surface area (Å²) in [5.41, 5.74) is 2.52. The van der Waals surface area contributed by atoms with Crippen molar-refractivity contribution in [3.63, 3.8) is 0 Å². The molecule has 0 saturated heterocycles. The fourth-order valence-electron chi connectivity index (χ4n) is 2.32. The molecule has 0 aliphatic rings. The van der Waals surface area contributed by atoms with Gasteiger partial charge >= 0.3 is 0 Å². The van der Waals surface area contributed by atoms with Crippen LogP contribution in [0.3, 0.4) is 0 Å². The maximum absolute atomic E-state index is 5.19. The second-order valence-corrected chi connectivity index (χ2v) is 5.07. The van der Waals surface area contributed by atoms with Gasteiger partial charge in [0.2, 0.25) is 0 Å². The van der Waals surface area contributed by atoms with Crippen molar-refractivity contribution in [2.24, 2.45) is 0 Å². The topological polar surface area (TPSA) is 47.0 Å². The van der Waals surface area contributed by atoms with E-state index in [2.05, 4.69) is 34.6 Å². The largest absolute Gasteiger partial charge is 0.497 e. The molecule has 1 aromatic heterocycles. The molecule has 112 valence electrons. The first-order chi connectivity index (χ1) is 10.3. The predicted octanol–water partition coefficient (Wildman–Crippen LogP) is 3.16. The molecular formula is C17H23N3O. The van der Waals surface area contributed by atoms with Crippen molar-refractivity contribution in [3.05, 3.63) is 53.9 Å². The van der Waals surface area contributed by atoms with Crippen LogP contribution >= 0.6 is 0 Å². The minimum Gasteiger partial charge on any atom is -0.497 e. The van der Waals surface area contributed by atoms with E-state index in [1.54, 1.807) is 13.3 Å². The van der Waals surface area contributed by atoms with Crippen molar-refractivity contribution in [2.45, 2.75) is 32.2 Å². The average Bonchev–Trinajstić information content (AvgIpc) is 2.56. The molecule has 0 aliphatic carbocycles. The molecule has 0 bridgehead atoms. The zero-order valence-electron chi connectivity index (χ0n) is 12.7. The maximum Gasteiger partial charge on any atom is 0.118 e. The Bertz CT molecular complexity index is 513. The number of nitrogens with zero attached hydrogens (tertiary/aromatic N) is 2. The Morgan fingerprint density at radius 2 is 1.95 bits per heavy atom. The van der Waals surface area contributed by atoms with Crippen molar-refractivity contribution < 1.29 is 4.74 Å². The summed E-state index contributed by atoms with van der Waals surface area (Å²) in [5, 5.41) is 11.4. The van der Waals surface area contributed by atoms with Crippen LogP contribution < -0.4 is 10.1 Å². The molecule has 0 aliphatic heterocycles. The van der Waals surface area contributed by atoms with E-state index < -0.39 is 0 Å². The van der Waals surface area contributed by atoms with Crippen LogP contribution in [0.2, 0.25) is 0 Å². The zero-order chi connectivity index (χ0) is 14.9. The molecule has 0 saturated carbocycles. The Labute approximate surface area is 126 Å². The molecule has 2 rings (SSSR count). The average molecular weight is 285 g/mol. The lowest BCUT2D eigenvalue weighted by molar-refractivity contribution is 0.414. The summed E-state index contributed by atoms with van der Waals surface area (Å²) in [6, 6.07) is 10.6. The Morgan fingerprint density at radius 3 is 2.57 bits per heavy atom. The van der Waals surface area contributed by atoms with Crippen molar-refractivity contribution in [3.8, 4) is 5.75 Å². The van der Waals surface area contributed by atoms with Crippen LogP contribution in [0.1, 0.15) is 36.9 Å². The van der Waals surface area contributed by atoms with Crippen molar-refractivity contribution in [1.82, 2.24) is 15.5 Å². The van der Waals surface area contributed by atoms with Crippen molar-refractivity contribution in [1.29, 1.82) is 0 Å². The molecule has 0 spiro atoms. The number of hydrogen-bond donors (Lipinski definition) is 1. The van der Waals surface area contributed by atoms with Crippen molar-refractivity contribution >= 4 is 0 Å². The molecule has 0 radical (unpaired) electrons.